The minimum absolute atomic E-state index is 0.0278. The number of aromatic nitrogens is 2. The van der Waals surface area contributed by atoms with Gasteiger partial charge in [-0.1, -0.05) is 13.0 Å². The second-order valence-electron chi connectivity index (χ2n) is 3.98. The molecule has 19 heavy (non-hydrogen) atoms. The molecule has 1 N–H and O–H groups in total. The lowest BCUT2D eigenvalue weighted by atomic mass is 10.0. The average molecular weight is 287 g/mol. The molecule has 0 aliphatic rings. The number of rotatable bonds is 5. The van der Waals surface area contributed by atoms with Crippen LogP contribution in [-0.2, 0) is 0 Å². The van der Waals surface area contributed by atoms with E-state index < -0.39 is 23.5 Å². The Balaban J connectivity index is 2.41. The molecular formula is C12H12F3N3S. The van der Waals surface area contributed by atoms with Gasteiger partial charge in [-0.25, -0.2) is 13.2 Å². The molecule has 1 unspecified atom stereocenters. The van der Waals surface area contributed by atoms with Gasteiger partial charge >= 0.3 is 0 Å². The van der Waals surface area contributed by atoms with Crippen LogP contribution in [0.15, 0.2) is 18.3 Å². The molecule has 1 aromatic heterocycles. The summed E-state index contributed by atoms with van der Waals surface area (Å²) in [5.41, 5.74) is 0.517. The third kappa shape index (κ3) is 2.93. The van der Waals surface area contributed by atoms with Gasteiger partial charge in [-0.05, 0) is 19.0 Å². The first-order valence-corrected chi connectivity index (χ1v) is 6.52. The Morgan fingerprint density at radius 2 is 2.05 bits per heavy atom. The number of hydrogen-bond acceptors (Lipinski definition) is 4. The molecule has 2 rings (SSSR count). The van der Waals surface area contributed by atoms with E-state index in [0.717, 1.165) is 24.2 Å². The maximum Gasteiger partial charge on any atom is 0.194 e. The summed E-state index contributed by atoms with van der Waals surface area (Å²) in [6.45, 7) is 2.55. The van der Waals surface area contributed by atoms with E-state index in [-0.39, 0.29) is 5.56 Å². The molecule has 0 saturated heterocycles. The fourth-order valence-corrected chi connectivity index (χ4v) is 2.17. The second kappa shape index (κ2) is 6.12. The van der Waals surface area contributed by atoms with Crippen molar-refractivity contribution in [2.75, 3.05) is 6.54 Å². The monoisotopic (exact) mass is 287 g/mol. The van der Waals surface area contributed by atoms with Crippen LogP contribution < -0.4 is 5.32 Å². The maximum atomic E-state index is 13.8. The molecule has 7 heteroatoms. The average Bonchev–Trinajstić information content (AvgIpc) is 2.92. The van der Waals surface area contributed by atoms with Crippen molar-refractivity contribution in [1.29, 1.82) is 0 Å². The van der Waals surface area contributed by atoms with Gasteiger partial charge in [0.15, 0.2) is 17.5 Å². The Bertz CT molecular complexity index is 545. The van der Waals surface area contributed by atoms with E-state index in [9.17, 15) is 13.2 Å². The maximum absolute atomic E-state index is 13.8. The van der Waals surface area contributed by atoms with Gasteiger partial charge in [0.2, 0.25) is 0 Å². The highest BCUT2D eigenvalue weighted by molar-refractivity contribution is 6.99. The molecule has 0 fully saturated rings. The van der Waals surface area contributed by atoms with Crippen LogP contribution in [0.2, 0.25) is 0 Å². The lowest BCUT2D eigenvalue weighted by Gasteiger charge is -2.17. The molecule has 2 aromatic rings. The number of nitrogens with one attached hydrogen (secondary N) is 1. The molecule has 0 bridgehead atoms. The predicted octanol–water partition coefficient (Wildman–Crippen LogP) is 3.04. The summed E-state index contributed by atoms with van der Waals surface area (Å²) in [4.78, 5) is 0. The van der Waals surface area contributed by atoms with E-state index in [1.165, 1.54) is 12.3 Å². The number of benzene rings is 1. The molecule has 1 heterocycles. The zero-order chi connectivity index (χ0) is 13.8. The van der Waals surface area contributed by atoms with Crippen LogP contribution in [0.25, 0.3) is 0 Å². The van der Waals surface area contributed by atoms with Gasteiger partial charge in [-0.3, -0.25) is 0 Å². The molecule has 0 amide bonds. The van der Waals surface area contributed by atoms with E-state index in [4.69, 9.17) is 0 Å². The zero-order valence-corrected chi connectivity index (χ0v) is 11.0. The fourth-order valence-electron chi connectivity index (χ4n) is 1.73. The number of halogens is 3. The van der Waals surface area contributed by atoms with Crippen LogP contribution in [0.5, 0.6) is 0 Å². The smallest absolute Gasteiger partial charge is 0.194 e. The van der Waals surface area contributed by atoms with Crippen LogP contribution in [0.3, 0.4) is 0 Å². The van der Waals surface area contributed by atoms with Crippen molar-refractivity contribution in [3.63, 3.8) is 0 Å². The van der Waals surface area contributed by atoms with Crippen LogP contribution >= 0.6 is 11.7 Å². The Kier molecular flexibility index (Phi) is 4.49. The van der Waals surface area contributed by atoms with Crippen molar-refractivity contribution in [3.05, 3.63) is 47.0 Å². The summed E-state index contributed by atoms with van der Waals surface area (Å²) >= 11 is 0.979. The molecule has 0 aliphatic heterocycles. The van der Waals surface area contributed by atoms with E-state index in [1.54, 1.807) is 0 Å². The molecule has 1 atom stereocenters. The topological polar surface area (TPSA) is 37.8 Å². The lowest BCUT2D eigenvalue weighted by molar-refractivity contribution is 0.431. The molecular weight excluding hydrogens is 275 g/mol. The zero-order valence-electron chi connectivity index (χ0n) is 10.2. The molecule has 1 aromatic carbocycles. The minimum atomic E-state index is -1.47. The number of hydrogen-bond donors (Lipinski definition) is 1. The Morgan fingerprint density at radius 1 is 1.26 bits per heavy atom. The predicted molar refractivity (Wildman–Crippen MR) is 66.4 cm³/mol. The van der Waals surface area contributed by atoms with Crippen LogP contribution in [0.1, 0.15) is 30.6 Å². The number of nitrogens with zero attached hydrogens (tertiary/aromatic N) is 2. The van der Waals surface area contributed by atoms with Gasteiger partial charge in [0.25, 0.3) is 0 Å². The standard InChI is InChI=1S/C12H12F3N3S/c1-2-5-16-12(9-6-17-19-18-9)7-3-4-8(13)11(15)10(7)14/h3-4,6,12,16H,2,5H2,1H3. The highest BCUT2D eigenvalue weighted by Gasteiger charge is 2.23. The quantitative estimate of drug-likeness (QED) is 0.859. The van der Waals surface area contributed by atoms with Gasteiger partial charge in [0, 0.05) is 5.56 Å². The summed E-state index contributed by atoms with van der Waals surface area (Å²) in [5.74, 6) is -3.86. The fraction of sp³-hybridized carbons (Fsp3) is 0.333. The molecule has 0 saturated carbocycles. The van der Waals surface area contributed by atoms with Crippen molar-refractivity contribution in [1.82, 2.24) is 14.1 Å². The highest BCUT2D eigenvalue weighted by Crippen LogP contribution is 2.26. The lowest BCUT2D eigenvalue weighted by Crippen LogP contribution is -2.25. The third-order valence-corrected chi connectivity index (χ3v) is 3.14. The second-order valence-corrected chi connectivity index (χ2v) is 4.54. The van der Waals surface area contributed by atoms with Crippen LogP contribution in [-0.4, -0.2) is 15.3 Å². The Morgan fingerprint density at radius 3 is 2.68 bits per heavy atom. The molecule has 3 nitrogen and oxygen atoms in total. The highest BCUT2D eigenvalue weighted by atomic mass is 32.1. The summed E-state index contributed by atoms with van der Waals surface area (Å²) in [6.07, 6.45) is 2.30. The van der Waals surface area contributed by atoms with Gasteiger partial charge in [-0.2, -0.15) is 8.75 Å². The van der Waals surface area contributed by atoms with Gasteiger partial charge in [0.1, 0.15) is 0 Å². The Hall–Kier alpha value is -1.47. The van der Waals surface area contributed by atoms with Crippen molar-refractivity contribution in [2.24, 2.45) is 0 Å². The van der Waals surface area contributed by atoms with Crippen molar-refractivity contribution < 1.29 is 13.2 Å². The van der Waals surface area contributed by atoms with Crippen LogP contribution in [0, 0.1) is 17.5 Å². The Labute approximate surface area is 112 Å². The summed E-state index contributed by atoms with van der Waals surface area (Å²) in [6, 6.07) is 1.50. The normalized spacial score (nSPS) is 12.6. The van der Waals surface area contributed by atoms with Gasteiger partial charge < -0.3 is 5.32 Å². The van der Waals surface area contributed by atoms with E-state index in [0.29, 0.717) is 12.2 Å². The van der Waals surface area contributed by atoms with E-state index >= 15 is 0 Å². The van der Waals surface area contributed by atoms with Crippen molar-refractivity contribution in [3.8, 4) is 0 Å². The van der Waals surface area contributed by atoms with E-state index in [2.05, 4.69) is 14.1 Å². The molecule has 0 spiro atoms. The summed E-state index contributed by atoms with van der Waals surface area (Å²) in [7, 11) is 0. The molecule has 0 radical (unpaired) electrons. The summed E-state index contributed by atoms with van der Waals surface area (Å²) in [5, 5.41) is 3.05. The molecule has 0 aliphatic carbocycles. The first-order chi connectivity index (χ1) is 9.15. The minimum Gasteiger partial charge on any atom is -0.305 e. The first-order valence-electron chi connectivity index (χ1n) is 5.79. The molecule has 102 valence electrons. The van der Waals surface area contributed by atoms with Gasteiger partial charge in [0.05, 0.1) is 29.7 Å². The third-order valence-electron chi connectivity index (χ3n) is 2.65. The van der Waals surface area contributed by atoms with E-state index in [1.807, 2.05) is 6.92 Å². The summed E-state index contributed by atoms with van der Waals surface area (Å²) < 4.78 is 48.0. The largest absolute Gasteiger partial charge is 0.305 e. The van der Waals surface area contributed by atoms with Crippen LogP contribution in [0.4, 0.5) is 13.2 Å². The van der Waals surface area contributed by atoms with Crippen molar-refractivity contribution >= 4 is 11.7 Å². The first kappa shape index (κ1) is 14.0. The SMILES string of the molecule is CCCNC(c1cnsn1)c1ccc(F)c(F)c1F. The van der Waals surface area contributed by atoms with Gasteiger partial charge in [-0.15, -0.1) is 0 Å². The van der Waals surface area contributed by atoms with Crippen molar-refractivity contribution in [2.45, 2.75) is 19.4 Å².